The second-order valence-electron chi connectivity index (χ2n) is 5.74. The number of nitrogens with zero attached hydrogens (tertiary/aromatic N) is 3. The fourth-order valence-corrected chi connectivity index (χ4v) is 3.35. The van der Waals surface area contributed by atoms with Crippen molar-refractivity contribution >= 4 is 17.5 Å². The van der Waals surface area contributed by atoms with Crippen molar-refractivity contribution in [1.82, 2.24) is 20.0 Å². The summed E-state index contributed by atoms with van der Waals surface area (Å²) in [5.41, 5.74) is 2.01. The fourth-order valence-electron chi connectivity index (χ4n) is 3.05. The zero-order valence-corrected chi connectivity index (χ0v) is 14.3. The lowest BCUT2D eigenvalue weighted by atomic mass is 10.1. The number of rotatable bonds is 7. The number of halogens is 1. The predicted octanol–water partition coefficient (Wildman–Crippen LogP) is 1.67. The molecule has 0 bridgehead atoms. The number of carbonyl (C=O) groups excluding carboxylic acids is 1. The smallest absolute Gasteiger partial charge is 0.234 e. The third-order valence-electron chi connectivity index (χ3n) is 4.09. The molecule has 2 heterocycles. The highest BCUT2D eigenvalue weighted by atomic mass is 35.5. The van der Waals surface area contributed by atoms with Crippen LogP contribution in [0, 0.1) is 6.92 Å². The number of hydrogen-bond acceptors (Lipinski definition) is 4. The van der Waals surface area contributed by atoms with Gasteiger partial charge in [0.2, 0.25) is 5.91 Å². The topological polar surface area (TPSA) is 59.4 Å². The second kappa shape index (κ2) is 7.94. The summed E-state index contributed by atoms with van der Waals surface area (Å²) in [5, 5.41) is 7.99. The number of hydrogen-bond donors (Lipinski definition) is 1. The first-order valence-electron chi connectivity index (χ1n) is 7.73. The highest BCUT2D eigenvalue weighted by Gasteiger charge is 2.31. The standard InChI is InChI=1S/C15H25ClN4O2/c1-11-14(15(16)19(2)18-11)12-6-4-8-20(12)10-13(21)17-7-5-9-22-3/h12H,4-10H2,1-3H3,(H,17,21)/t12-/m0/s1. The van der Waals surface area contributed by atoms with E-state index in [4.69, 9.17) is 16.3 Å². The van der Waals surface area contributed by atoms with Crippen LogP contribution in [0.4, 0.5) is 0 Å². The van der Waals surface area contributed by atoms with Crippen LogP contribution in [0.1, 0.15) is 36.6 Å². The SMILES string of the molecule is COCCCNC(=O)CN1CCC[C@H]1c1c(C)nn(C)c1Cl. The van der Waals surface area contributed by atoms with Gasteiger partial charge in [0, 0.05) is 38.9 Å². The van der Waals surface area contributed by atoms with Gasteiger partial charge in [0.1, 0.15) is 5.15 Å². The summed E-state index contributed by atoms with van der Waals surface area (Å²) < 4.78 is 6.68. The van der Waals surface area contributed by atoms with E-state index >= 15 is 0 Å². The average Bonchev–Trinajstić information content (AvgIpc) is 3.00. The molecule has 0 saturated carbocycles. The number of methoxy groups -OCH3 is 1. The highest BCUT2D eigenvalue weighted by molar-refractivity contribution is 6.30. The molecule has 0 aromatic carbocycles. The molecule has 1 atom stereocenters. The third-order valence-corrected chi connectivity index (χ3v) is 4.54. The molecule has 0 unspecified atom stereocenters. The largest absolute Gasteiger partial charge is 0.385 e. The lowest BCUT2D eigenvalue weighted by Crippen LogP contribution is -2.37. The Morgan fingerprint density at radius 1 is 1.55 bits per heavy atom. The van der Waals surface area contributed by atoms with E-state index in [1.165, 1.54) is 0 Å². The summed E-state index contributed by atoms with van der Waals surface area (Å²) in [5.74, 6) is 0.0562. The Balaban J connectivity index is 1.95. The molecule has 6 nitrogen and oxygen atoms in total. The van der Waals surface area contributed by atoms with Crippen molar-refractivity contribution in [3.05, 3.63) is 16.4 Å². The minimum atomic E-state index is 0.0562. The van der Waals surface area contributed by atoms with Gasteiger partial charge in [0.05, 0.1) is 12.2 Å². The van der Waals surface area contributed by atoms with Crippen LogP contribution in [0.15, 0.2) is 0 Å². The number of carbonyl (C=O) groups is 1. The first kappa shape index (κ1) is 17.2. The van der Waals surface area contributed by atoms with Crippen LogP contribution in [0.3, 0.4) is 0 Å². The molecular weight excluding hydrogens is 304 g/mol. The van der Waals surface area contributed by atoms with Crippen LogP contribution in [0.5, 0.6) is 0 Å². The maximum atomic E-state index is 12.1. The Kier molecular flexibility index (Phi) is 6.23. The van der Waals surface area contributed by atoms with E-state index in [2.05, 4.69) is 15.3 Å². The van der Waals surface area contributed by atoms with Crippen molar-refractivity contribution in [2.45, 2.75) is 32.2 Å². The van der Waals surface area contributed by atoms with Crippen LogP contribution >= 0.6 is 11.6 Å². The fraction of sp³-hybridized carbons (Fsp3) is 0.733. The van der Waals surface area contributed by atoms with Crippen LogP contribution in [0.25, 0.3) is 0 Å². The summed E-state index contributed by atoms with van der Waals surface area (Å²) in [6.45, 7) is 4.61. The number of aryl methyl sites for hydroxylation is 2. The molecular formula is C15H25ClN4O2. The van der Waals surface area contributed by atoms with E-state index in [1.54, 1.807) is 11.8 Å². The molecule has 0 radical (unpaired) electrons. The van der Waals surface area contributed by atoms with Crippen molar-refractivity contribution < 1.29 is 9.53 Å². The lowest BCUT2D eigenvalue weighted by molar-refractivity contribution is -0.122. The van der Waals surface area contributed by atoms with Crippen LogP contribution < -0.4 is 5.32 Å². The molecule has 22 heavy (non-hydrogen) atoms. The Bertz CT molecular complexity index is 518. The van der Waals surface area contributed by atoms with Gasteiger partial charge >= 0.3 is 0 Å². The van der Waals surface area contributed by atoms with Gasteiger partial charge in [-0.2, -0.15) is 5.10 Å². The minimum Gasteiger partial charge on any atom is -0.385 e. The average molecular weight is 329 g/mol. The maximum absolute atomic E-state index is 12.1. The summed E-state index contributed by atoms with van der Waals surface area (Å²) in [6.07, 6.45) is 2.93. The number of ether oxygens (including phenoxy) is 1. The van der Waals surface area contributed by atoms with Crippen molar-refractivity contribution in [1.29, 1.82) is 0 Å². The van der Waals surface area contributed by atoms with Gasteiger partial charge in [-0.3, -0.25) is 14.4 Å². The van der Waals surface area contributed by atoms with E-state index in [1.807, 2.05) is 14.0 Å². The summed E-state index contributed by atoms with van der Waals surface area (Å²) in [6, 6.07) is 0.186. The molecule has 1 aliphatic heterocycles. The third kappa shape index (κ3) is 4.00. The molecule has 1 aromatic heterocycles. The van der Waals surface area contributed by atoms with Crippen LogP contribution in [-0.4, -0.2) is 53.9 Å². The van der Waals surface area contributed by atoms with E-state index in [-0.39, 0.29) is 11.9 Å². The maximum Gasteiger partial charge on any atom is 0.234 e. The molecule has 1 fully saturated rings. The second-order valence-corrected chi connectivity index (χ2v) is 6.10. The van der Waals surface area contributed by atoms with Crippen molar-refractivity contribution in [2.24, 2.45) is 7.05 Å². The zero-order chi connectivity index (χ0) is 16.1. The van der Waals surface area contributed by atoms with E-state index in [0.29, 0.717) is 24.8 Å². The number of nitrogens with one attached hydrogen (secondary N) is 1. The monoisotopic (exact) mass is 328 g/mol. The van der Waals surface area contributed by atoms with E-state index in [0.717, 1.165) is 37.1 Å². The number of aromatic nitrogens is 2. The Morgan fingerprint density at radius 2 is 2.32 bits per heavy atom. The molecule has 1 N–H and O–H groups in total. The Morgan fingerprint density at radius 3 is 2.95 bits per heavy atom. The summed E-state index contributed by atoms with van der Waals surface area (Å²) >= 11 is 6.37. The molecule has 7 heteroatoms. The number of amides is 1. The Hall–Kier alpha value is -1.11. The quantitative estimate of drug-likeness (QED) is 0.774. The van der Waals surface area contributed by atoms with Crippen LogP contribution in [-0.2, 0) is 16.6 Å². The van der Waals surface area contributed by atoms with Crippen LogP contribution in [0.2, 0.25) is 5.15 Å². The van der Waals surface area contributed by atoms with Gasteiger partial charge in [0.15, 0.2) is 0 Å². The van der Waals surface area contributed by atoms with Gasteiger partial charge in [-0.05, 0) is 32.7 Å². The molecule has 1 saturated heterocycles. The number of likely N-dealkylation sites (tertiary alicyclic amines) is 1. The van der Waals surface area contributed by atoms with Gasteiger partial charge in [0.25, 0.3) is 0 Å². The van der Waals surface area contributed by atoms with Crippen molar-refractivity contribution in [3.8, 4) is 0 Å². The molecule has 1 aromatic rings. The first-order valence-corrected chi connectivity index (χ1v) is 8.11. The van der Waals surface area contributed by atoms with Crippen molar-refractivity contribution in [2.75, 3.05) is 33.4 Å². The normalized spacial score (nSPS) is 18.8. The van der Waals surface area contributed by atoms with Gasteiger partial charge < -0.3 is 10.1 Å². The minimum absolute atomic E-state index is 0.0562. The van der Waals surface area contributed by atoms with Gasteiger partial charge in [-0.1, -0.05) is 11.6 Å². The molecule has 2 rings (SSSR count). The summed E-state index contributed by atoms with van der Waals surface area (Å²) in [4.78, 5) is 14.3. The van der Waals surface area contributed by atoms with E-state index < -0.39 is 0 Å². The molecule has 124 valence electrons. The first-order chi connectivity index (χ1) is 10.5. The van der Waals surface area contributed by atoms with Crippen molar-refractivity contribution in [3.63, 3.8) is 0 Å². The molecule has 1 amide bonds. The summed E-state index contributed by atoms with van der Waals surface area (Å²) in [7, 11) is 3.51. The Labute approximate surface area is 136 Å². The highest BCUT2D eigenvalue weighted by Crippen LogP contribution is 2.37. The molecule has 0 aliphatic carbocycles. The molecule has 0 spiro atoms. The van der Waals surface area contributed by atoms with Gasteiger partial charge in [-0.15, -0.1) is 0 Å². The van der Waals surface area contributed by atoms with Gasteiger partial charge in [-0.25, -0.2) is 0 Å². The predicted molar refractivity (Wildman–Crippen MR) is 86.0 cm³/mol. The lowest BCUT2D eigenvalue weighted by Gasteiger charge is -2.24. The molecule has 1 aliphatic rings. The van der Waals surface area contributed by atoms with E-state index in [9.17, 15) is 4.79 Å². The zero-order valence-electron chi connectivity index (χ0n) is 13.6.